The van der Waals surface area contributed by atoms with Crippen molar-refractivity contribution in [3.8, 4) is 0 Å². The van der Waals surface area contributed by atoms with E-state index in [2.05, 4.69) is 32.6 Å². The highest BCUT2D eigenvalue weighted by Crippen LogP contribution is 2.16. The van der Waals surface area contributed by atoms with Crippen molar-refractivity contribution in [2.45, 2.75) is 6.42 Å². The van der Waals surface area contributed by atoms with E-state index in [4.69, 9.17) is 0 Å². The molecule has 0 bridgehead atoms. The summed E-state index contributed by atoms with van der Waals surface area (Å²) in [5.74, 6) is -1.51. The molecular weight excluding hydrogens is 386 g/mol. The molecule has 1 fully saturated rings. The van der Waals surface area contributed by atoms with Crippen molar-refractivity contribution in [1.29, 1.82) is 0 Å². The number of carbonyl (C=O) groups excluding carboxylic acids is 2. The summed E-state index contributed by atoms with van der Waals surface area (Å²) in [6.45, 7) is 5.12. The van der Waals surface area contributed by atoms with E-state index in [1.807, 2.05) is 18.2 Å². The predicted octanol–water partition coefficient (Wildman–Crippen LogP) is 1.86. The van der Waals surface area contributed by atoms with Gasteiger partial charge < -0.3 is 15.5 Å². The molecule has 0 atom stereocenters. The molecule has 0 saturated carbocycles. The number of piperazine rings is 1. The van der Waals surface area contributed by atoms with Crippen LogP contribution in [0.3, 0.4) is 0 Å². The number of anilines is 2. The molecule has 9 nitrogen and oxygen atoms in total. The highest BCUT2D eigenvalue weighted by Gasteiger charge is 2.17. The number of nitrogens with one attached hydrogen (secondary N) is 2. The number of nitrogens with zero attached hydrogens (tertiary/aromatic N) is 3. The molecule has 2 aromatic rings. The van der Waals surface area contributed by atoms with Crippen LogP contribution in [-0.2, 0) is 9.59 Å². The Hall–Kier alpha value is -3.46. The van der Waals surface area contributed by atoms with Gasteiger partial charge in [-0.25, -0.2) is 0 Å². The summed E-state index contributed by atoms with van der Waals surface area (Å²) in [5.41, 5.74) is 1.49. The molecule has 1 heterocycles. The minimum Gasteiger partial charge on any atom is -0.369 e. The third kappa shape index (κ3) is 6.02. The maximum absolute atomic E-state index is 11.9. The summed E-state index contributed by atoms with van der Waals surface area (Å²) < 4.78 is 0. The third-order valence-corrected chi connectivity index (χ3v) is 4.97. The molecule has 0 radical (unpaired) electrons. The quantitative estimate of drug-likeness (QED) is 0.312. The molecule has 0 spiro atoms. The molecule has 1 aliphatic heterocycles. The maximum Gasteiger partial charge on any atom is 0.313 e. The maximum atomic E-state index is 11.9. The second-order valence-corrected chi connectivity index (χ2v) is 7.03. The molecule has 2 amide bonds. The number of carbonyl (C=O) groups is 2. The van der Waals surface area contributed by atoms with Crippen LogP contribution in [0, 0.1) is 10.1 Å². The highest BCUT2D eigenvalue weighted by atomic mass is 16.6. The molecule has 9 heteroatoms. The second-order valence-electron chi connectivity index (χ2n) is 7.03. The summed E-state index contributed by atoms with van der Waals surface area (Å²) in [6, 6.07) is 15.7. The van der Waals surface area contributed by atoms with Crippen molar-refractivity contribution >= 4 is 28.9 Å². The van der Waals surface area contributed by atoms with E-state index >= 15 is 0 Å². The van der Waals surface area contributed by atoms with Crippen LogP contribution in [0.2, 0.25) is 0 Å². The Morgan fingerprint density at radius 3 is 2.23 bits per heavy atom. The molecule has 0 aromatic heterocycles. The summed E-state index contributed by atoms with van der Waals surface area (Å²) in [6.07, 6.45) is 0.752. The smallest absolute Gasteiger partial charge is 0.313 e. The normalized spacial score (nSPS) is 14.2. The first-order valence-electron chi connectivity index (χ1n) is 9.89. The Morgan fingerprint density at radius 1 is 0.933 bits per heavy atom. The first kappa shape index (κ1) is 21.3. The van der Waals surface area contributed by atoms with Gasteiger partial charge in [-0.1, -0.05) is 18.2 Å². The number of non-ortho nitro benzene ring substituents is 1. The van der Waals surface area contributed by atoms with E-state index < -0.39 is 16.7 Å². The molecular formula is C21H25N5O4. The van der Waals surface area contributed by atoms with Crippen molar-refractivity contribution in [3.63, 3.8) is 0 Å². The van der Waals surface area contributed by atoms with E-state index in [1.165, 1.54) is 30.0 Å². The van der Waals surface area contributed by atoms with E-state index in [-0.39, 0.29) is 5.69 Å². The topological polar surface area (TPSA) is 108 Å². The summed E-state index contributed by atoms with van der Waals surface area (Å²) in [4.78, 5) is 38.7. The molecule has 30 heavy (non-hydrogen) atoms. The van der Waals surface area contributed by atoms with Gasteiger partial charge in [0.1, 0.15) is 0 Å². The van der Waals surface area contributed by atoms with Gasteiger partial charge in [0.05, 0.1) is 4.92 Å². The lowest BCUT2D eigenvalue weighted by Gasteiger charge is -2.36. The zero-order valence-electron chi connectivity index (χ0n) is 16.6. The van der Waals surface area contributed by atoms with Gasteiger partial charge in [-0.2, -0.15) is 0 Å². The fourth-order valence-electron chi connectivity index (χ4n) is 3.31. The summed E-state index contributed by atoms with van der Waals surface area (Å²) >= 11 is 0. The van der Waals surface area contributed by atoms with Crippen molar-refractivity contribution < 1.29 is 14.5 Å². The van der Waals surface area contributed by atoms with E-state index in [9.17, 15) is 19.7 Å². The van der Waals surface area contributed by atoms with Crippen LogP contribution in [0.1, 0.15) is 6.42 Å². The Kier molecular flexibility index (Phi) is 7.34. The Labute approximate surface area is 174 Å². The molecule has 1 aliphatic rings. The number of hydrogen-bond donors (Lipinski definition) is 2. The molecule has 0 unspecified atom stereocenters. The first-order chi connectivity index (χ1) is 14.5. The van der Waals surface area contributed by atoms with Crippen LogP contribution >= 0.6 is 0 Å². The van der Waals surface area contributed by atoms with Gasteiger partial charge >= 0.3 is 11.8 Å². The zero-order chi connectivity index (χ0) is 21.3. The number of rotatable bonds is 7. The number of nitro benzene ring substituents is 1. The lowest BCUT2D eigenvalue weighted by Crippen LogP contribution is -2.47. The average molecular weight is 411 g/mol. The average Bonchev–Trinajstić information content (AvgIpc) is 2.78. The van der Waals surface area contributed by atoms with Crippen LogP contribution in [-0.4, -0.2) is 60.9 Å². The van der Waals surface area contributed by atoms with Crippen molar-refractivity contribution in [3.05, 3.63) is 64.7 Å². The zero-order valence-corrected chi connectivity index (χ0v) is 16.6. The van der Waals surface area contributed by atoms with Crippen LogP contribution in [0.5, 0.6) is 0 Å². The van der Waals surface area contributed by atoms with E-state index in [0.29, 0.717) is 12.2 Å². The number of para-hydroxylation sites is 1. The molecule has 2 N–H and O–H groups in total. The van der Waals surface area contributed by atoms with Gasteiger partial charge in [0.15, 0.2) is 0 Å². The fourth-order valence-corrected chi connectivity index (χ4v) is 3.31. The van der Waals surface area contributed by atoms with Gasteiger partial charge in [0.2, 0.25) is 0 Å². The van der Waals surface area contributed by atoms with Gasteiger partial charge in [0, 0.05) is 56.2 Å². The van der Waals surface area contributed by atoms with Crippen molar-refractivity contribution in [1.82, 2.24) is 10.2 Å². The number of nitro groups is 1. The monoisotopic (exact) mass is 411 g/mol. The Bertz CT molecular complexity index is 865. The Balaban J connectivity index is 1.32. The molecule has 3 rings (SSSR count). The van der Waals surface area contributed by atoms with Gasteiger partial charge in [0.25, 0.3) is 5.69 Å². The summed E-state index contributed by atoms with van der Waals surface area (Å²) in [5, 5.41) is 15.7. The highest BCUT2D eigenvalue weighted by molar-refractivity contribution is 6.39. The largest absolute Gasteiger partial charge is 0.369 e. The van der Waals surface area contributed by atoms with Crippen molar-refractivity contribution in [2.75, 3.05) is 49.5 Å². The number of hydrogen-bond acceptors (Lipinski definition) is 6. The minimum absolute atomic E-state index is 0.0814. The Morgan fingerprint density at radius 2 is 1.60 bits per heavy atom. The standard InChI is InChI=1S/C21H25N5O4/c27-20(21(28)23-17-7-9-19(10-8-17)26(29)30)22-11-4-12-24-13-15-25(16-14-24)18-5-2-1-3-6-18/h1-3,5-10H,4,11-16H2,(H,22,27)(H,23,28). The number of benzene rings is 2. The van der Waals surface area contributed by atoms with Crippen LogP contribution in [0.4, 0.5) is 17.1 Å². The van der Waals surface area contributed by atoms with Crippen molar-refractivity contribution in [2.24, 2.45) is 0 Å². The molecule has 0 aliphatic carbocycles. The molecule has 2 aromatic carbocycles. The third-order valence-electron chi connectivity index (χ3n) is 4.97. The van der Waals surface area contributed by atoms with E-state index in [1.54, 1.807) is 0 Å². The molecule has 1 saturated heterocycles. The van der Waals surface area contributed by atoms with Gasteiger partial charge in [-0.15, -0.1) is 0 Å². The van der Waals surface area contributed by atoms with Gasteiger partial charge in [-0.3, -0.25) is 24.6 Å². The van der Waals surface area contributed by atoms with Crippen LogP contribution < -0.4 is 15.5 Å². The first-order valence-corrected chi connectivity index (χ1v) is 9.89. The van der Waals surface area contributed by atoms with E-state index in [0.717, 1.165) is 39.1 Å². The van der Waals surface area contributed by atoms with Gasteiger partial charge in [-0.05, 0) is 37.2 Å². The van der Waals surface area contributed by atoms with Crippen LogP contribution in [0.15, 0.2) is 54.6 Å². The number of amides is 2. The second kappa shape index (κ2) is 10.4. The predicted molar refractivity (Wildman–Crippen MR) is 114 cm³/mol. The SMILES string of the molecule is O=C(NCCCN1CCN(c2ccccc2)CC1)C(=O)Nc1ccc([N+](=O)[O-])cc1. The minimum atomic E-state index is -0.791. The fraction of sp³-hybridized carbons (Fsp3) is 0.333. The lowest BCUT2D eigenvalue weighted by molar-refractivity contribution is -0.384. The lowest BCUT2D eigenvalue weighted by atomic mass is 10.2. The summed E-state index contributed by atoms with van der Waals surface area (Å²) in [7, 11) is 0. The molecule has 158 valence electrons. The van der Waals surface area contributed by atoms with Crippen LogP contribution in [0.25, 0.3) is 0 Å².